The molecular formula is C16H24N3O4. The first-order chi connectivity index (χ1) is 11.2. The van der Waals surface area contributed by atoms with Crippen LogP contribution in [0.25, 0.3) is 0 Å². The van der Waals surface area contributed by atoms with E-state index in [2.05, 4.69) is 11.9 Å². The zero-order valence-corrected chi connectivity index (χ0v) is 13.3. The number of morpholine rings is 1. The van der Waals surface area contributed by atoms with Gasteiger partial charge in [0.25, 0.3) is 5.91 Å². The highest BCUT2D eigenvalue weighted by Gasteiger charge is 2.26. The Bertz CT molecular complexity index is 518. The van der Waals surface area contributed by atoms with Crippen molar-refractivity contribution in [3.05, 3.63) is 36.0 Å². The SMILES string of the molecule is [CH2]CCN(C(=O)c1cncc(CO)c1CCO)N1CCOCC1. The fourth-order valence-corrected chi connectivity index (χ4v) is 2.71. The van der Waals surface area contributed by atoms with E-state index in [4.69, 9.17) is 4.74 Å². The number of carbonyl (C=O) groups excluding carboxylic acids is 1. The highest BCUT2D eigenvalue weighted by Crippen LogP contribution is 2.18. The van der Waals surface area contributed by atoms with Gasteiger partial charge in [0, 0.05) is 38.6 Å². The third kappa shape index (κ3) is 4.26. The number of pyridine rings is 1. The van der Waals surface area contributed by atoms with Crippen molar-refractivity contribution in [2.24, 2.45) is 0 Å². The molecule has 0 atom stereocenters. The first-order valence-electron chi connectivity index (χ1n) is 7.84. The van der Waals surface area contributed by atoms with E-state index in [0.717, 1.165) is 0 Å². The van der Waals surface area contributed by atoms with Gasteiger partial charge < -0.3 is 14.9 Å². The Morgan fingerprint density at radius 1 is 1.35 bits per heavy atom. The van der Waals surface area contributed by atoms with Crippen LogP contribution in [0.15, 0.2) is 12.4 Å². The van der Waals surface area contributed by atoms with E-state index in [9.17, 15) is 15.0 Å². The summed E-state index contributed by atoms with van der Waals surface area (Å²) in [4.78, 5) is 17.1. The highest BCUT2D eigenvalue weighted by molar-refractivity contribution is 5.95. The number of ether oxygens (including phenoxy) is 1. The van der Waals surface area contributed by atoms with Crippen LogP contribution in [0.5, 0.6) is 0 Å². The van der Waals surface area contributed by atoms with Gasteiger partial charge in [0.2, 0.25) is 0 Å². The maximum absolute atomic E-state index is 13.0. The Kier molecular flexibility index (Phi) is 6.91. The average Bonchev–Trinajstić information content (AvgIpc) is 2.60. The largest absolute Gasteiger partial charge is 0.396 e. The third-order valence-corrected chi connectivity index (χ3v) is 3.84. The van der Waals surface area contributed by atoms with E-state index in [1.807, 2.05) is 5.01 Å². The second kappa shape index (κ2) is 8.93. The zero-order valence-electron chi connectivity index (χ0n) is 13.3. The van der Waals surface area contributed by atoms with Gasteiger partial charge in [-0.3, -0.25) is 14.8 Å². The maximum Gasteiger partial charge on any atom is 0.270 e. The molecule has 1 aromatic heterocycles. The predicted molar refractivity (Wildman–Crippen MR) is 84.4 cm³/mol. The van der Waals surface area contributed by atoms with Crippen LogP contribution >= 0.6 is 0 Å². The molecule has 1 aliphatic rings. The Labute approximate surface area is 136 Å². The first kappa shape index (κ1) is 17.8. The van der Waals surface area contributed by atoms with E-state index in [1.165, 1.54) is 12.4 Å². The summed E-state index contributed by atoms with van der Waals surface area (Å²) < 4.78 is 5.34. The lowest BCUT2D eigenvalue weighted by atomic mass is 10.0. The lowest BCUT2D eigenvalue weighted by Crippen LogP contribution is -2.52. The van der Waals surface area contributed by atoms with Gasteiger partial charge >= 0.3 is 0 Å². The molecule has 1 aliphatic heterocycles. The number of aromatic nitrogens is 1. The van der Waals surface area contributed by atoms with Crippen LogP contribution in [0.3, 0.4) is 0 Å². The van der Waals surface area contributed by atoms with Crippen molar-refractivity contribution >= 4 is 5.91 Å². The number of hydrazine groups is 1. The number of amides is 1. The van der Waals surface area contributed by atoms with Crippen LogP contribution < -0.4 is 0 Å². The highest BCUT2D eigenvalue weighted by atomic mass is 16.5. The van der Waals surface area contributed by atoms with Crippen LogP contribution in [0.1, 0.15) is 27.9 Å². The number of hydrogen-bond acceptors (Lipinski definition) is 6. The molecule has 1 aromatic rings. The Morgan fingerprint density at radius 2 is 2.09 bits per heavy atom. The summed E-state index contributed by atoms with van der Waals surface area (Å²) in [6.45, 7) is 6.50. The summed E-state index contributed by atoms with van der Waals surface area (Å²) in [5.41, 5.74) is 1.64. The molecule has 2 N–H and O–H groups in total. The van der Waals surface area contributed by atoms with E-state index in [0.29, 0.717) is 62.4 Å². The van der Waals surface area contributed by atoms with Crippen molar-refractivity contribution in [1.82, 2.24) is 15.0 Å². The van der Waals surface area contributed by atoms with Crippen molar-refractivity contribution < 1.29 is 19.7 Å². The standard InChI is InChI=1S/C16H24N3O4/c1-2-4-19(18-5-8-23-9-6-18)16(22)15-11-17-10-13(12-21)14(15)3-7-20/h10-11,20-21H,1-9,12H2. The summed E-state index contributed by atoms with van der Waals surface area (Å²) in [5.74, 6) is -0.179. The maximum atomic E-state index is 13.0. The number of aliphatic hydroxyl groups excluding tert-OH is 2. The lowest BCUT2D eigenvalue weighted by molar-refractivity contribution is -0.0692. The molecule has 23 heavy (non-hydrogen) atoms. The van der Waals surface area contributed by atoms with Crippen molar-refractivity contribution in [2.75, 3.05) is 39.5 Å². The van der Waals surface area contributed by atoms with Crippen LogP contribution in [0.4, 0.5) is 0 Å². The number of aliphatic hydroxyl groups is 2. The van der Waals surface area contributed by atoms with E-state index in [-0.39, 0.29) is 19.1 Å². The Hall–Kier alpha value is -1.54. The molecule has 0 saturated carbocycles. The Morgan fingerprint density at radius 3 is 2.70 bits per heavy atom. The molecule has 2 heterocycles. The fraction of sp³-hybridized carbons (Fsp3) is 0.562. The number of carbonyl (C=O) groups is 1. The molecular weight excluding hydrogens is 298 g/mol. The molecule has 1 saturated heterocycles. The lowest BCUT2D eigenvalue weighted by Gasteiger charge is -2.37. The summed E-state index contributed by atoms with van der Waals surface area (Å²) >= 11 is 0. The van der Waals surface area contributed by atoms with E-state index >= 15 is 0 Å². The van der Waals surface area contributed by atoms with Gasteiger partial charge in [-0.2, -0.15) is 0 Å². The zero-order chi connectivity index (χ0) is 16.7. The first-order valence-corrected chi connectivity index (χ1v) is 7.84. The molecule has 0 spiro atoms. The van der Waals surface area contributed by atoms with Crippen LogP contribution in [0.2, 0.25) is 0 Å². The molecule has 1 amide bonds. The van der Waals surface area contributed by atoms with Crippen molar-refractivity contribution in [3.8, 4) is 0 Å². The summed E-state index contributed by atoms with van der Waals surface area (Å²) in [5, 5.41) is 22.4. The van der Waals surface area contributed by atoms with Crippen molar-refractivity contribution in [3.63, 3.8) is 0 Å². The quantitative estimate of drug-likeness (QED) is 0.736. The molecule has 0 aliphatic carbocycles. The minimum Gasteiger partial charge on any atom is -0.396 e. The van der Waals surface area contributed by atoms with Gasteiger partial charge in [-0.1, -0.05) is 6.92 Å². The molecule has 0 unspecified atom stereocenters. The molecule has 1 fully saturated rings. The predicted octanol–water partition coefficient (Wildman–Crippen LogP) is 0.0223. The van der Waals surface area contributed by atoms with Gasteiger partial charge in [-0.05, 0) is 24.0 Å². The van der Waals surface area contributed by atoms with Crippen molar-refractivity contribution in [1.29, 1.82) is 0 Å². The van der Waals surface area contributed by atoms with E-state index < -0.39 is 0 Å². The van der Waals surface area contributed by atoms with Crippen LogP contribution in [-0.4, -0.2) is 70.6 Å². The van der Waals surface area contributed by atoms with Gasteiger partial charge in [0.1, 0.15) is 0 Å². The minimum absolute atomic E-state index is 0.0931. The van der Waals surface area contributed by atoms with Gasteiger partial charge in [0.15, 0.2) is 0 Å². The number of hydrogen-bond donors (Lipinski definition) is 2. The monoisotopic (exact) mass is 322 g/mol. The number of nitrogens with zero attached hydrogens (tertiary/aromatic N) is 3. The molecule has 0 bridgehead atoms. The average molecular weight is 322 g/mol. The topological polar surface area (TPSA) is 86.1 Å². The molecule has 0 aromatic carbocycles. The molecule has 7 nitrogen and oxygen atoms in total. The van der Waals surface area contributed by atoms with E-state index in [1.54, 1.807) is 5.01 Å². The normalized spacial score (nSPS) is 15.6. The molecule has 1 radical (unpaired) electrons. The van der Waals surface area contributed by atoms with Crippen LogP contribution in [0, 0.1) is 6.92 Å². The molecule has 127 valence electrons. The van der Waals surface area contributed by atoms with Crippen LogP contribution in [-0.2, 0) is 17.8 Å². The molecule has 7 heteroatoms. The smallest absolute Gasteiger partial charge is 0.270 e. The second-order valence-electron chi connectivity index (χ2n) is 5.30. The van der Waals surface area contributed by atoms with Gasteiger partial charge in [-0.25, -0.2) is 5.01 Å². The summed E-state index contributed by atoms with van der Waals surface area (Å²) in [6, 6.07) is 0. The number of rotatable bonds is 7. The van der Waals surface area contributed by atoms with Gasteiger partial charge in [0.05, 0.1) is 25.4 Å². The second-order valence-corrected chi connectivity index (χ2v) is 5.30. The van der Waals surface area contributed by atoms with Gasteiger partial charge in [-0.15, -0.1) is 0 Å². The summed E-state index contributed by atoms with van der Waals surface area (Å²) in [6.07, 6.45) is 3.93. The third-order valence-electron chi connectivity index (χ3n) is 3.84. The Balaban J connectivity index is 2.31. The summed E-state index contributed by atoms with van der Waals surface area (Å²) in [7, 11) is 0. The molecule has 2 rings (SSSR count). The minimum atomic E-state index is -0.212. The fourth-order valence-electron chi connectivity index (χ4n) is 2.71. The van der Waals surface area contributed by atoms with Crippen molar-refractivity contribution in [2.45, 2.75) is 19.4 Å².